The van der Waals surface area contributed by atoms with E-state index in [9.17, 15) is 4.79 Å². The molecule has 1 fully saturated rings. The molecule has 1 N–H and O–H groups in total. The summed E-state index contributed by atoms with van der Waals surface area (Å²) < 4.78 is 5.04. The Bertz CT molecular complexity index is 473. The van der Waals surface area contributed by atoms with Crippen LogP contribution >= 0.6 is 0 Å². The highest BCUT2D eigenvalue weighted by Crippen LogP contribution is 2.46. The molecule has 1 aliphatic carbocycles. The van der Waals surface area contributed by atoms with E-state index in [2.05, 4.69) is 19.9 Å². The highest BCUT2D eigenvalue weighted by Gasteiger charge is 2.35. The van der Waals surface area contributed by atoms with Crippen LogP contribution in [0.1, 0.15) is 63.5 Å². The second-order valence-corrected chi connectivity index (χ2v) is 5.75. The first kappa shape index (κ1) is 14.9. The zero-order valence-corrected chi connectivity index (χ0v) is 12.4. The minimum Gasteiger partial charge on any atom is -0.449 e. The van der Waals surface area contributed by atoms with Crippen LogP contribution in [0.2, 0.25) is 0 Å². The van der Waals surface area contributed by atoms with Crippen LogP contribution in [0.5, 0.6) is 5.75 Å². The highest BCUT2D eigenvalue weighted by atomic mass is 16.7. The minimum absolute atomic E-state index is 0.0915. The van der Waals surface area contributed by atoms with Gasteiger partial charge in [-0.05, 0) is 42.7 Å². The number of carbonyl (C=O) groups is 1. The van der Waals surface area contributed by atoms with E-state index in [1.54, 1.807) is 0 Å². The molecular formula is C17H24O3. The SMILES string of the molecule is CCc1ccc(OC(=O)O)c(C2(CC)CCCCC2)c1. The van der Waals surface area contributed by atoms with Gasteiger partial charge in [0.05, 0.1) is 0 Å². The molecule has 3 nitrogen and oxygen atoms in total. The molecule has 0 aromatic heterocycles. The van der Waals surface area contributed by atoms with Crippen LogP contribution in [0.3, 0.4) is 0 Å². The first-order valence-electron chi connectivity index (χ1n) is 7.65. The predicted octanol–water partition coefficient (Wildman–Crippen LogP) is 4.92. The van der Waals surface area contributed by atoms with Gasteiger partial charge in [0.2, 0.25) is 0 Å². The average Bonchev–Trinajstić information content (AvgIpc) is 2.47. The Hall–Kier alpha value is -1.51. The molecule has 0 aliphatic heterocycles. The van der Waals surface area contributed by atoms with E-state index in [0.717, 1.165) is 31.2 Å². The maximum absolute atomic E-state index is 10.9. The molecule has 2 rings (SSSR count). The number of carboxylic acid groups (broad SMARTS) is 1. The van der Waals surface area contributed by atoms with E-state index in [-0.39, 0.29) is 5.41 Å². The molecule has 1 aromatic carbocycles. The lowest BCUT2D eigenvalue weighted by atomic mass is 9.67. The number of hydrogen-bond donors (Lipinski definition) is 1. The van der Waals surface area contributed by atoms with Gasteiger partial charge in [0.25, 0.3) is 0 Å². The number of rotatable bonds is 4. The Morgan fingerprint density at radius 2 is 1.95 bits per heavy atom. The Kier molecular flexibility index (Phi) is 4.69. The number of aryl methyl sites for hydroxylation is 1. The Labute approximate surface area is 121 Å². The summed E-state index contributed by atoms with van der Waals surface area (Å²) in [6.45, 7) is 4.32. The average molecular weight is 276 g/mol. The molecule has 20 heavy (non-hydrogen) atoms. The van der Waals surface area contributed by atoms with Gasteiger partial charge in [-0.15, -0.1) is 0 Å². The Balaban J connectivity index is 2.46. The zero-order valence-electron chi connectivity index (χ0n) is 12.4. The second-order valence-electron chi connectivity index (χ2n) is 5.75. The fraction of sp³-hybridized carbons (Fsp3) is 0.588. The first-order valence-corrected chi connectivity index (χ1v) is 7.65. The van der Waals surface area contributed by atoms with Gasteiger partial charge in [-0.3, -0.25) is 0 Å². The lowest BCUT2D eigenvalue weighted by Crippen LogP contribution is -2.29. The molecule has 0 atom stereocenters. The van der Waals surface area contributed by atoms with Crippen molar-refractivity contribution in [3.05, 3.63) is 29.3 Å². The van der Waals surface area contributed by atoms with E-state index in [0.29, 0.717) is 5.75 Å². The molecule has 0 unspecified atom stereocenters. The van der Waals surface area contributed by atoms with Crippen LogP contribution in [0.25, 0.3) is 0 Å². The minimum atomic E-state index is -1.22. The van der Waals surface area contributed by atoms with Crippen LogP contribution in [0.4, 0.5) is 4.79 Å². The van der Waals surface area contributed by atoms with E-state index >= 15 is 0 Å². The smallest absolute Gasteiger partial charge is 0.449 e. The normalized spacial score (nSPS) is 17.7. The van der Waals surface area contributed by atoms with Gasteiger partial charge >= 0.3 is 6.16 Å². The molecule has 1 saturated carbocycles. The zero-order chi connectivity index (χ0) is 14.6. The largest absolute Gasteiger partial charge is 0.511 e. The summed E-state index contributed by atoms with van der Waals surface area (Å²) >= 11 is 0. The lowest BCUT2D eigenvalue weighted by molar-refractivity contribution is 0.142. The van der Waals surface area contributed by atoms with Crippen LogP contribution in [0, 0.1) is 0 Å². The molecule has 110 valence electrons. The van der Waals surface area contributed by atoms with Crippen LogP contribution in [-0.2, 0) is 11.8 Å². The third-order valence-corrected chi connectivity index (χ3v) is 4.71. The Morgan fingerprint density at radius 3 is 2.50 bits per heavy atom. The molecule has 0 heterocycles. The van der Waals surface area contributed by atoms with Crippen molar-refractivity contribution in [2.24, 2.45) is 0 Å². The molecular weight excluding hydrogens is 252 g/mol. The summed E-state index contributed by atoms with van der Waals surface area (Å²) in [6.07, 6.45) is 6.76. The van der Waals surface area contributed by atoms with Crippen molar-refractivity contribution in [2.45, 2.75) is 64.2 Å². The molecule has 0 bridgehead atoms. The van der Waals surface area contributed by atoms with E-state index in [4.69, 9.17) is 9.84 Å². The van der Waals surface area contributed by atoms with Gasteiger partial charge in [-0.1, -0.05) is 45.2 Å². The molecule has 0 saturated heterocycles. The summed E-state index contributed by atoms with van der Waals surface area (Å²) in [5.74, 6) is 0.526. The second kappa shape index (κ2) is 6.29. The highest BCUT2D eigenvalue weighted by molar-refractivity contribution is 5.62. The van der Waals surface area contributed by atoms with Crippen LogP contribution < -0.4 is 4.74 Å². The molecule has 1 aliphatic rings. The molecule has 0 amide bonds. The summed E-state index contributed by atoms with van der Waals surface area (Å²) in [7, 11) is 0. The van der Waals surface area contributed by atoms with E-state index in [1.807, 2.05) is 12.1 Å². The summed E-state index contributed by atoms with van der Waals surface area (Å²) in [6, 6.07) is 5.95. The predicted molar refractivity (Wildman–Crippen MR) is 79.5 cm³/mol. The van der Waals surface area contributed by atoms with Gasteiger partial charge in [-0.2, -0.15) is 0 Å². The van der Waals surface area contributed by atoms with Gasteiger partial charge in [0.1, 0.15) is 5.75 Å². The van der Waals surface area contributed by atoms with E-state index in [1.165, 1.54) is 24.8 Å². The maximum atomic E-state index is 10.9. The number of benzene rings is 1. The topological polar surface area (TPSA) is 46.5 Å². The van der Waals surface area contributed by atoms with Crippen molar-refractivity contribution < 1.29 is 14.6 Å². The maximum Gasteiger partial charge on any atom is 0.511 e. The fourth-order valence-electron chi connectivity index (χ4n) is 3.44. The monoisotopic (exact) mass is 276 g/mol. The van der Waals surface area contributed by atoms with Crippen molar-refractivity contribution in [3.8, 4) is 5.75 Å². The first-order chi connectivity index (χ1) is 9.61. The third kappa shape index (κ3) is 2.97. The molecule has 1 aromatic rings. The van der Waals surface area contributed by atoms with Crippen LogP contribution in [0.15, 0.2) is 18.2 Å². The van der Waals surface area contributed by atoms with Crippen molar-refractivity contribution in [3.63, 3.8) is 0 Å². The number of hydrogen-bond acceptors (Lipinski definition) is 2. The van der Waals surface area contributed by atoms with Crippen molar-refractivity contribution in [1.82, 2.24) is 0 Å². The summed E-state index contributed by atoms with van der Waals surface area (Å²) in [4.78, 5) is 10.9. The number of ether oxygens (including phenoxy) is 1. The fourth-order valence-corrected chi connectivity index (χ4v) is 3.44. The molecule has 0 spiro atoms. The van der Waals surface area contributed by atoms with Gasteiger partial charge in [0.15, 0.2) is 0 Å². The third-order valence-electron chi connectivity index (χ3n) is 4.71. The quantitative estimate of drug-likeness (QED) is 0.627. The van der Waals surface area contributed by atoms with E-state index < -0.39 is 6.16 Å². The molecule has 3 heteroatoms. The Morgan fingerprint density at radius 1 is 1.25 bits per heavy atom. The van der Waals surface area contributed by atoms with Crippen molar-refractivity contribution in [2.75, 3.05) is 0 Å². The molecule has 0 radical (unpaired) electrons. The summed E-state index contributed by atoms with van der Waals surface area (Å²) in [5.41, 5.74) is 2.44. The van der Waals surface area contributed by atoms with Crippen LogP contribution in [-0.4, -0.2) is 11.3 Å². The van der Waals surface area contributed by atoms with Gasteiger partial charge in [-0.25, -0.2) is 4.79 Å². The van der Waals surface area contributed by atoms with Gasteiger partial charge < -0.3 is 9.84 Å². The van der Waals surface area contributed by atoms with Gasteiger partial charge in [0, 0.05) is 5.56 Å². The van der Waals surface area contributed by atoms with Crippen molar-refractivity contribution >= 4 is 6.16 Å². The lowest BCUT2D eigenvalue weighted by Gasteiger charge is -2.38. The van der Waals surface area contributed by atoms with Crippen molar-refractivity contribution in [1.29, 1.82) is 0 Å². The summed E-state index contributed by atoms with van der Waals surface area (Å²) in [5, 5.41) is 8.95. The standard InChI is InChI=1S/C17H24O3/c1-3-13-8-9-15(20-16(18)19)14(12-13)17(4-2)10-6-5-7-11-17/h8-9,12H,3-7,10-11H2,1-2H3,(H,18,19).